The lowest BCUT2D eigenvalue weighted by Crippen LogP contribution is -2.47. The summed E-state index contributed by atoms with van der Waals surface area (Å²) in [4.78, 5) is 39.1. The minimum absolute atomic E-state index is 0.0635. The van der Waals surface area contributed by atoms with Gasteiger partial charge in [-0.2, -0.15) is 0 Å². The number of thioether (sulfide) groups is 1. The fraction of sp³-hybridized carbons (Fsp3) is 0.474. The van der Waals surface area contributed by atoms with Crippen LogP contribution in [0.5, 0.6) is 0 Å². The van der Waals surface area contributed by atoms with E-state index in [1.54, 1.807) is 23.1 Å². The average molecular weight is 467 g/mol. The van der Waals surface area contributed by atoms with E-state index in [0.29, 0.717) is 16.6 Å². The number of sulfonamides is 1. The smallest absolute Gasteiger partial charge is 0.338 e. The number of nitrogens with one attached hydrogen (secondary N) is 2. The Bertz CT molecular complexity index is 1070. The molecule has 1 saturated carbocycles. The van der Waals surface area contributed by atoms with Gasteiger partial charge in [-0.15, -0.1) is 4.40 Å². The number of urea groups is 1. The maximum absolute atomic E-state index is 12.5. The van der Waals surface area contributed by atoms with Crippen LogP contribution in [0.25, 0.3) is 0 Å². The number of hydrogen-bond donors (Lipinski definition) is 2. The van der Waals surface area contributed by atoms with Gasteiger partial charge in [0.1, 0.15) is 0 Å². The molecule has 1 unspecified atom stereocenters. The van der Waals surface area contributed by atoms with Crippen LogP contribution in [-0.4, -0.2) is 55.9 Å². The first-order valence-electron chi connectivity index (χ1n) is 9.96. The van der Waals surface area contributed by atoms with Crippen LogP contribution < -0.4 is 15.5 Å². The van der Waals surface area contributed by atoms with Crippen molar-refractivity contribution in [2.24, 2.45) is 4.40 Å². The Balaban J connectivity index is 1.36. The summed E-state index contributed by atoms with van der Waals surface area (Å²) < 4.78 is 32.4. The Morgan fingerprint density at radius 3 is 2.74 bits per heavy atom. The Labute approximate surface area is 183 Å². The van der Waals surface area contributed by atoms with Gasteiger partial charge in [0.15, 0.2) is 11.3 Å². The molecule has 1 atom stereocenters. The van der Waals surface area contributed by atoms with Crippen LogP contribution >= 0.6 is 11.8 Å². The Morgan fingerprint density at radius 1 is 1.26 bits per heavy atom. The van der Waals surface area contributed by atoms with E-state index < -0.39 is 34.0 Å². The summed E-state index contributed by atoms with van der Waals surface area (Å²) >= 11 is 1.16. The molecule has 3 amide bonds. The molecule has 31 heavy (non-hydrogen) atoms. The van der Waals surface area contributed by atoms with Gasteiger partial charge in [-0.05, 0) is 49.7 Å². The van der Waals surface area contributed by atoms with Gasteiger partial charge in [0.25, 0.3) is 15.9 Å². The molecule has 166 valence electrons. The molecular formula is C19H22N4O6S2. The second-order valence-corrected chi connectivity index (χ2v) is 10.4. The first-order valence-corrected chi connectivity index (χ1v) is 12.4. The molecule has 2 N–H and O–H groups in total. The predicted octanol–water partition coefficient (Wildman–Crippen LogP) is 1.61. The maximum Gasteiger partial charge on any atom is 0.338 e. The largest absolute Gasteiger partial charge is 0.449 e. The summed E-state index contributed by atoms with van der Waals surface area (Å²) in [6, 6.07) is 4.28. The van der Waals surface area contributed by atoms with Gasteiger partial charge in [0.2, 0.25) is 0 Å². The number of ether oxygens (including phenoxy) is 1. The third-order valence-corrected chi connectivity index (χ3v) is 7.59. The highest BCUT2D eigenvalue weighted by Gasteiger charge is 2.34. The minimum Gasteiger partial charge on any atom is -0.449 e. The molecule has 0 radical (unpaired) electrons. The van der Waals surface area contributed by atoms with Crippen LogP contribution in [0.4, 0.5) is 10.5 Å². The quantitative estimate of drug-likeness (QED) is 0.639. The third-order valence-electron chi connectivity index (χ3n) is 5.29. The van der Waals surface area contributed by atoms with Crippen molar-refractivity contribution in [1.29, 1.82) is 0 Å². The molecule has 1 aromatic rings. The molecule has 0 bridgehead atoms. The van der Waals surface area contributed by atoms with E-state index >= 15 is 0 Å². The summed E-state index contributed by atoms with van der Waals surface area (Å²) in [5, 5.41) is 5.29. The van der Waals surface area contributed by atoms with E-state index in [9.17, 15) is 22.8 Å². The SMILES string of the molecule is CC(OC(=O)c1ccc2c(c1)SC1=NS(=O)(=O)CCN12)C(=O)NC(=O)NC1CCCC1. The zero-order valence-corrected chi connectivity index (χ0v) is 18.4. The van der Waals surface area contributed by atoms with E-state index in [4.69, 9.17) is 4.74 Å². The Hall–Kier alpha value is -2.60. The normalized spacial score (nSPS) is 20.3. The molecular weight excluding hydrogens is 444 g/mol. The number of hydrogen-bond acceptors (Lipinski definition) is 8. The van der Waals surface area contributed by atoms with E-state index in [-0.39, 0.29) is 17.4 Å². The van der Waals surface area contributed by atoms with Gasteiger partial charge in [-0.25, -0.2) is 18.0 Å². The molecule has 1 aliphatic carbocycles. The molecule has 0 spiro atoms. The summed E-state index contributed by atoms with van der Waals surface area (Å²) in [6.07, 6.45) is 2.71. The standard InChI is InChI=1S/C19H22N4O6S2/c1-11(16(24)21-18(26)20-13-4-2-3-5-13)29-17(25)12-6-7-14-15(10-12)30-19-22-31(27,28)9-8-23(14)19/h6-7,10-11,13H,2-5,8-9H2,1H3,(H2,20,21,24,26). The number of anilines is 1. The van der Waals surface area contributed by atoms with Gasteiger partial charge in [-0.3, -0.25) is 10.1 Å². The second kappa shape index (κ2) is 8.50. The molecule has 3 aliphatic rings. The number of fused-ring (bicyclic) bond motifs is 3. The third kappa shape index (κ3) is 4.85. The van der Waals surface area contributed by atoms with Crippen molar-refractivity contribution < 1.29 is 27.5 Å². The van der Waals surface area contributed by atoms with Crippen LogP contribution in [0.2, 0.25) is 0 Å². The van der Waals surface area contributed by atoms with Crippen LogP contribution in [-0.2, 0) is 19.6 Å². The number of nitrogens with zero attached hydrogens (tertiary/aromatic N) is 2. The molecule has 2 heterocycles. The highest BCUT2D eigenvalue weighted by atomic mass is 32.2. The van der Waals surface area contributed by atoms with Crippen LogP contribution in [0.1, 0.15) is 43.0 Å². The lowest BCUT2D eigenvalue weighted by atomic mass is 10.2. The molecule has 4 rings (SSSR count). The number of esters is 1. The van der Waals surface area contributed by atoms with E-state index in [2.05, 4.69) is 15.0 Å². The summed E-state index contributed by atoms with van der Waals surface area (Å²) in [5.74, 6) is -1.50. The lowest BCUT2D eigenvalue weighted by molar-refractivity contribution is -0.127. The molecule has 0 saturated heterocycles. The fourth-order valence-corrected chi connectivity index (χ4v) is 5.94. The van der Waals surface area contributed by atoms with Gasteiger partial charge < -0.3 is 15.0 Å². The van der Waals surface area contributed by atoms with Crippen molar-refractivity contribution in [2.75, 3.05) is 17.2 Å². The zero-order chi connectivity index (χ0) is 22.2. The topological polar surface area (TPSA) is 134 Å². The number of amides is 3. The minimum atomic E-state index is -3.47. The molecule has 10 nitrogen and oxygen atoms in total. The zero-order valence-electron chi connectivity index (χ0n) is 16.8. The van der Waals surface area contributed by atoms with E-state index in [1.807, 2.05) is 0 Å². The van der Waals surface area contributed by atoms with Crippen molar-refractivity contribution in [1.82, 2.24) is 10.6 Å². The Kier molecular flexibility index (Phi) is 5.93. The lowest BCUT2D eigenvalue weighted by Gasteiger charge is -2.22. The predicted molar refractivity (Wildman–Crippen MR) is 115 cm³/mol. The molecule has 2 aliphatic heterocycles. The number of rotatable bonds is 4. The van der Waals surface area contributed by atoms with Gasteiger partial charge in [0.05, 0.1) is 17.0 Å². The monoisotopic (exact) mass is 466 g/mol. The molecule has 12 heteroatoms. The Morgan fingerprint density at radius 2 is 2.00 bits per heavy atom. The van der Waals surface area contributed by atoms with E-state index in [1.165, 1.54) is 6.92 Å². The highest BCUT2D eigenvalue weighted by Crippen LogP contribution is 2.42. The maximum atomic E-state index is 12.5. The fourth-order valence-electron chi connectivity index (χ4n) is 3.64. The van der Waals surface area contributed by atoms with Gasteiger partial charge >= 0.3 is 12.0 Å². The summed E-state index contributed by atoms with van der Waals surface area (Å²) in [6.45, 7) is 1.68. The molecule has 1 fully saturated rings. The first-order chi connectivity index (χ1) is 14.7. The second-order valence-electron chi connectivity index (χ2n) is 7.59. The van der Waals surface area contributed by atoms with Crippen molar-refractivity contribution >= 4 is 50.5 Å². The first kappa shape index (κ1) is 21.6. The van der Waals surface area contributed by atoms with Gasteiger partial charge in [0, 0.05) is 17.5 Å². The molecule has 1 aromatic carbocycles. The number of amidine groups is 1. The van der Waals surface area contributed by atoms with Crippen molar-refractivity contribution in [3.05, 3.63) is 23.8 Å². The van der Waals surface area contributed by atoms with Crippen molar-refractivity contribution in [3.63, 3.8) is 0 Å². The number of carbonyl (C=O) groups excluding carboxylic acids is 3. The van der Waals surface area contributed by atoms with Crippen molar-refractivity contribution in [2.45, 2.75) is 49.6 Å². The van der Waals surface area contributed by atoms with Crippen molar-refractivity contribution in [3.8, 4) is 0 Å². The van der Waals surface area contributed by atoms with E-state index in [0.717, 1.165) is 43.1 Å². The summed E-state index contributed by atoms with van der Waals surface area (Å²) in [5.41, 5.74) is 0.981. The number of imide groups is 1. The number of benzene rings is 1. The highest BCUT2D eigenvalue weighted by molar-refractivity contribution is 8.15. The van der Waals surface area contributed by atoms with Crippen LogP contribution in [0.3, 0.4) is 0 Å². The average Bonchev–Trinajstić information content (AvgIpc) is 3.32. The molecule has 0 aromatic heterocycles. The summed E-state index contributed by atoms with van der Waals surface area (Å²) in [7, 11) is -3.47. The van der Waals surface area contributed by atoms with Crippen LogP contribution in [0.15, 0.2) is 27.5 Å². The van der Waals surface area contributed by atoms with Gasteiger partial charge in [-0.1, -0.05) is 12.8 Å². The number of carbonyl (C=O) groups is 3. The van der Waals surface area contributed by atoms with Crippen LogP contribution in [0, 0.1) is 0 Å².